The number of carboxylic acids is 1. The molecule has 1 heterocycles. The molecule has 0 aromatic heterocycles. The summed E-state index contributed by atoms with van der Waals surface area (Å²) in [5.74, 6) is -0.696. The van der Waals surface area contributed by atoms with Crippen LogP contribution in [-0.2, 0) is 4.79 Å². The Kier molecular flexibility index (Phi) is 5.32. The van der Waals surface area contributed by atoms with Crippen molar-refractivity contribution in [1.29, 1.82) is 0 Å². The van der Waals surface area contributed by atoms with Gasteiger partial charge in [0.1, 0.15) is 0 Å². The van der Waals surface area contributed by atoms with Crippen LogP contribution in [0, 0.1) is 0 Å². The number of rotatable bonds is 5. The lowest BCUT2D eigenvalue weighted by Crippen LogP contribution is -2.40. The standard InChI is InChI=1S/C11H18BrNO2/c1-9(12)8-13-7-3-2-4-10(13)5-6-11(14)15/h10H,1-8H2,(H,14,15). The summed E-state index contributed by atoms with van der Waals surface area (Å²) < 4.78 is 0.977. The van der Waals surface area contributed by atoms with Crippen LogP contribution in [0.3, 0.4) is 0 Å². The molecule has 1 saturated heterocycles. The van der Waals surface area contributed by atoms with Crippen LogP contribution in [0.2, 0.25) is 0 Å². The molecule has 15 heavy (non-hydrogen) atoms. The largest absolute Gasteiger partial charge is 0.481 e. The number of hydrogen-bond acceptors (Lipinski definition) is 2. The third-order valence-electron chi connectivity index (χ3n) is 2.82. The summed E-state index contributed by atoms with van der Waals surface area (Å²) in [6.07, 6.45) is 4.58. The second kappa shape index (κ2) is 6.28. The van der Waals surface area contributed by atoms with Gasteiger partial charge in [0.25, 0.3) is 0 Å². The Bertz CT molecular complexity index is 243. The van der Waals surface area contributed by atoms with Gasteiger partial charge in [0.2, 0.25) is 0 Å². The molecule has 0 spiro atoms. The molecule has 0 saturated carbocycles. The molecule has 1 aliphatic rings. The maximum Gasteiger partial charge on any atom is 0.303 e. The van der Waals surface area contributed by atoms with E-state index in [1.807, 2.05) is 0 Å². The predicted molar refractivity (Wildman–Crippen MR) is 64.1 cm³/mol. The van der Waals surface area contributed by atoms with E-state index in [2.05, 4.69) is 27.4 Å². The Morgan fingerprint density at radius 1 is 1.53 bits per heavy atom. The van der Waals surface area contributed by atoms with Crippen LogP contribution in [0.15, 0.2) is 11.1 Å². The molecule has 0 aromatic carbocycles. The minimum atomic E-state index is -0.696. The molecule has 1 fully saturated rings. The van der Waals surface area contributed by atoms with E-state index < -0.39 is 5.97 Å². The van der Waals surface area contributed by atoms with Gasteiger partial charge in [-0.05, 0) is 25.8 Å². The molecule has 1 unspecified atom stereocenters. The third-order valence-corrected chi connectivity index (χ3v) is 3.07. The van der Waals surface area contributed by atoms with Gasteiger partial charge in [-0.2, -0.15) is 0 Å². The summed E-state index contributed by atoms with van der Waals surface area (Å²) in [5, 5.41) is 8.67. The van der Waals surface area contributed by atoms with Crippen molar-refractivity contribution in [2.24, 2.45) is 0 Å². The molecule has 0 bridgehead atoms. The van der Waals surface area contributed by atoms with Crippen LogP contribution in [0.4, 0.5) is 0 Å². The molecule has 1 aliphatic heterocycles. The molecule has 1 atom stereocenters. The van der Waals surface area contributed by atoms with Crippen molar-refractivity contribution in [3.05, 3.63) is 11.1 Å². The van der Waals surface area contributed by atoms with Gasteiger partial charge >= 0.3 is 5.97 Å². The number of carbonyl (C=O) groups is 1. The van der Waals surface area contributed by atoms with Gasteiger partial charge < -0.3 is 5.11 Å². The van der Waals surface area contributed by atoms with Crippen molar-refractivity contribution in [2.75, 3.05) is 13.1 Å². The fraction of sp³-hybridized carbons (Fsp3) is 0.727. The summed E-state index contributed by atoms with van der Waals surface area (Å²) in [6, 6.07) is 0.421. The summed E-state index contributed by atoms with van der Waals surface area (Å²) in [5.41, 5.74) is 0. The van der Waals surface area contributed by atoms with Crippen molar-refractivity contribution < 1.29 is 9.90 Å². The van der Waals surface area contributed by atoms with E-state index in [9.17, 15) is 4.79 Å². The third kappa shape index (κ3) is 4.80. The van der Waals surface area contributed by atoms with Crippen molar-refractivity contribution in [1.82, 2.24) is 4.90 Å². The molecule has 86 valence electrons. The maximum absolute atomic E-state index is 10.5. The van der Waals surface area contributed by atoms with Crippen LogP contribution in [0.25, 0.3) is 0 Å². The fourth-order valence-corrected chi connectivity index (χ4v) is 2.43. The first-order valence-corrected chi connectivity index (χ1v) is 6.18. The molecular weight excluding hydrogens is 258 g/mol. The lowest BCUT2D eigenvalue weighted by Gasteiger charge is -2.35. The van der Waals surface area contributed by atoms with E-state index in [1.54, 1.807) is 0 Å². The fourth-order valence-electron chi connectivity index (χ4n) is 2.11. The number of carboxylic acid groups (broad SMARTS) is 1. The Morgan fingerprint density at radius 2 is 2.27 bits per heavy atom. The quantitative estimate of drug-likeness (QED) is 0.839. The van der Waals surface area contributed by atoms with Gasteiger partial charge in [-0.15, -0.1) is 0 Å². The van der Waals surface area contributed by atoms with Gasteiger partial charge in [-0.25, -0.2) is 0 Å². The van der Waals surface area contributed by atoms with Gasteiger partial charge in [-0.1, -0.05) is 28.9 Å². The van der Waals surface area contributed by atoms with E-state index in [1.165, 1.54) is 12.8 Å². The summed E-state index contributed by atoms with van der Waals surface area (Å²) in [6.45, 7) is 5.74. The number of aliphatic carboxylic acids is 1. The lowest BCUT2D eigenvalue weighted by atomic mass is 9.98. The van der Waals surface area contributed by atoms with Crippen molar-refractivity contribution >= 4 is 21.9 Å². The Balaban J connectivity index is 2.42. The zero-order valence-corrected chi connectivity index (χ0v) is 10.5. The lowest BCUT2D eigenvalue weighted by molar-refractivity contribution is -0.137. The highest BCUT2D eigenvalue weighted by Gasteiger charge is 2.22. The molecule has 0 aliphatic carbocycles. The van der Waals surface area contributed by atoms with E-state index in [0.29, 0.717) is 6.04 Å². The Labute approximate surface area is 99.3 Å². The second-order valence-electron chi connectivity index (χ2n) is 4.07. The Morgan fingerprint density at radius 3 is 2.87 bits per heavy atom. The normalized spacial score (nSPS) is 22.6. The second-order valence-corrected chi connectivity index (χ2v) is 5.19. The highest BCUT2D eigenvalue weighted by atomic mass is 79.9. The van der Waals surface area contributed by atoms with E-state index >= 15 is 0 Å². The molecule has 1 rings (SSSR count). The zero-order valence-electron chi connectivity index (χ0n) is 8.91. The van der Waals surface area contributed by atoms with Crippen molar-refractivity contribution in [2.45, 2.75) is 38.1 Å². The topological polar surface area (TPSA) is 40.5 Å². The van der Waals surface area contributed by atoms with Gasteiger partial charge in [0.05, 0.1) is 0 Å². The van der Waals surface area contributed by atoms with Gasteiger partial charge in [0.15, 0.2) is 0 Å². The molecular formula is C11H18BrNO2. The average molecular weight is 276 g/mol. The van der Waals surface area contributed by atoms with Gasteiger partial charge in [-0.3, -0.25) is 9.69 Å². The van der Waals surface area contributed by atoms with E-state index in [4.69, 9.17) is 5.11 Å². The SMILES string of the molecule is C=C(Br)CN1CCCCC1CCC(=O)O. The first-order chi connectivity index (χ1) is 7.09. The van der Waals surface area contributed by atoms with Crippen LogP contribution in [0.1, 0.15) is 32.1 Å². The predicted octanol–water partition coefficient (Wildman–Crippen LogP) is 2.61. The van der Waals surface area contributed by atoms with Crippen molar-refractivity contribution in [3.63, 3.8) is 0 Å². The van der Waals surface area contributed by atoms with Crippen LogP contribution >= 0.6 is 15.9 Å². The first-order valence-electron chi connectivity index (χ1n) is 5.38. The van der Waals surface area contributed by atoms with E-state index in [-0.39, 0.29) is 6.42 Å². The summed E-state index contributed by atoms with van der Waals surface area (Å²) >= 11 is 3.37. The molecule has 0 aromatic rings. The highest BCUT2D eigenvalue weighted by Crippen LogP contribution is 2.22. The molecule has 1 N–H and O–H groups in total. The number of hydrogen-bond donors (Lipinski definition) is 1. The minimum Gasteiger partial charge on any atom is -0.481 e. The summed E-state index contributed by atoms with van der Waals surface area (Å²) in [7, 11) is 0. The number of nitrogens with zero attached hydrogens (tertiary/aromatic N) is 1. The Hall–Kier alpha value is -0.350. The molecule has 0 amide bonds. The van der Waals surface area contributed by atoms with Crippen LogP contribution < -0.4 is 0 Å². The molecule has 4 heteroatoms. The first kappa shape index (κ1) is 12.7. The van der Waals surface area contributed by atoms with Crippen LogP contribution in [0.5, 0.6) is 0 Å². The number of likely N-dealkylation sites (tertiary alicyclic amines) is 1. The van der Waals surface area contributed by atoms with Crippen molar-refractivity contribution in [3.8, 4) is 0 Å². The summed E-state index contributed by atoms with van der Waals surface area (Å²) in [4.78, 5) is 12.9. The number of piperidine rings is 1. The minimum absolute atomic E-state index is 0.274. The maximum atomic E-state index is 10.5. The van der Waals surface area contributed by atoms with Crippen LogP contribution in [-0.4, -0.2) is 35.1 Å². The van der Waals surface area contributed by atoms with Gasteiger partial charge in [0, 0.05) is 23.5 Å². The monoisotopic (exact) mass is 275 g/mol. The number of halogens is 1. The smallest absolute Gasteiger partial charge is 0.303 e. The molecule has 0 radical (unpaired) electrons. The van der Waals surface area contributed by atoms with E-state index in [0.717, 1.165) is 30.4 Å². The average Bonchev–Trinajstić information content (AvgIpc) is 2.15. The molecule has 3 nitrogen and oxygen atoms in total. The highest BCUT2D eigenvalue weighted by molar-refractivity contribution is 9.11. The zero-order chi connectivity index (χ0) is 11.3.